The minimum atomic E-state index is -0.180. The van der Waals surface area contributed by atoms with Gasteiger partial charge in [-0.25, -0.2) is 4.68 Å². The highest BCUT2D eigenvalue weighted by Crippen LogP contribution is 2.41. The fraction of sp³-hybridized carbons (Fsp3) is 0.269. The van der Waals surface area contributed by atoms with Gasteiger partial charge in [-0.3, -0.25) is 14.5 Å². The lowest BCUT2D eigenvalue weighted by Gasteiger charge is -2.28. The molecule has 0 saturated carbocycles. The Morgan fingerprint density at radius 3 is 2.62 bits per heavy atom. The van der Waals surface area contributed by atoms with Gasteiger partial charge in [-0.05, 0) is 56.4 Å². The molecule has 0 spiro atoms. The number of nitrogens with one attached hydrogen (secondary N) is 2. The van der Waals surface area contributed by atoms with E-state index in [1.54, 1.807) is 26.0 Å². The van der Waals surface area contributed by atoms with Crippen LogP contribution in [0.3, 0.4) is 0 Å². The number of para-hydroxylation sites is 2. The number of hydrogen-bond acceptors (Lipinski definition) is 6. The number of thiocarbonyl (C=S) groups is 1. The third-order valence-corrected chi connectivity index (χ3v) is 6.90. The van der Waals surface area contributed by atoms with Gasteiger partial charge in [0.25, 0.3) is 0 Å². The Kier molecular flexibility index (Phi) is 6.87. The van der Waals surface area contributed by atoms with Crippen molar-refractivity contribution in [2.24, 2.45) is 0 Å². The number of benzene rings is 1. The number of rotatable bonds is 8. The fourth-order valence-corrected chi connectivity index (χ4v) is 5.23. The Bertz CT molecular complexity index is 1400. The maximum atomic E-state index is 12.9. The van der Waals surface area contributed by atoms with Crippen molar-refractivity contribution in [3.8, 4) is 5.75 Å². The maximum Gasteiger partial charge on any atom is 0.226 e. The summed E-state index contributed by atoms with van der Waals surface area (Å²) in [5, 5.41) is 14.9. The highest BCUT2D eigenvalue weighted by atomic mass is 32.1. The molecule has 1 aliphatic rings. The van der Waals surface area contributed by atoms with E-state index in [-0.39, 0.29) is 24.4 Å². The molecule has 2 N–H and O–H groups in total. The van der Waals surface area contributed by atoms with Crippen LogP contribution in [0.15, 0.2) is 67.4 Å². The van der Waals surface area contributed by atoms with Crippen LogP contribution in [0.25, 0.3) is 0 Å². The van der Waals surface area contributed by atoms with Gasteiger partial charge in [0.15, 0.2) is 5.11 Å². The molecule has 4 aromatic rings. The first kappa shape index (κ1) is 24.4. The number of pyridine rings is 1. The average Bonchev–Trinajstić information content (AvgIpc) is 3.61. The second kappa shape index (κ2) is 10.4. The zero-order valence-corrected chi connectivity index (χ0v) is 21.6. The molecule has 1 aliphatic heterocycles. The summed E-state index contributed by atoms with van der Waals surface area (Å²) >= 11 is 5.78. The van der Waals surface area contributed by atoms with Gasteiger partial charge in [0.2, 0.25) is 5.91 Å². The number of carbonyl (C=O) groups is 1. The molecule has 2 atom stereocenters. The second-order valence-corrected chi connectivity index (χ2v) is 9.19. The molecule has 1 saturated heterocycles. The highest BCUT2D eigenvalue weighted by molar-refractivity contribution is 7.80. The number of nitrogens with zero attached hydrogens (tertiary/aromatic N) is 6. The molecular formula is C26H28N8O2S. The molecule has 0 radical (unpaired) electrons. The molecular weight excluding hydrogens is 488 g/mol. The van der Waals surface area contributed by atoms with E-state index in [2.05, 4.69) is 48.4 Å². The van der Waals surface area contributed by atoms with E-state index in [0.717, 1.165) is 22.6 Å². The summed E-state index contributed by atoms with van der Waals surface area (Å²) in [5.74, 6) is 0.492. The van der Waals surface area contributed by atoms with Gasteiger partial charge in [-0.1, -0.05) is 18.2 Å². The first-order valence-corrected chi connectivity index (χ1v) is 12.3. The van der Waals surface area contributed by atoms with E-state index in [1.807, 2.05) is 54.1 Å². The van der Waals surface area contributed by atoms with Gasteiger partial charge in [0.05, 0.1) is 30.6 Å². The van der Waals surface area contributed by atoms with Gasteiger partial charge in [-0.15, -0.1) is 10.2 Å². The lowest BCUT2D eigenvalue weighted by Crippen LogP contribution is -2.33. The molecule has 37 heavy (non-hydrogen) atoms. The van der Waals surface area contributed by atoms with Crippen molar-refractivity contribution in [3.05, 3.63) is 90.0 Å². The van der Waals surface area contributed by atoms with Crippen LogP contribution in [-0.4, -0.2) is 54.1 Å². The number of methoxy groups -OCH3 is 1. The van der Waals surface area contributed by atoms with Crippen LogP contribution in [0.2, 0.25) is 0 Å². The molecule has 0 unspecified atom stereocenters. The first-order valence-electron chi connectivity index (χ1n) is 11.9. The van der Waals surface area contributed by atoms with Gasteiger partial charge in [0, 0.05) is 36.1 Å². The van der Waals surface area contributed by atoms with Crippen molar-refractivity contribution >= 4 is 28.9 Å². The van der Waals surface area contributed by atoms with Crippen molar-refractivity contribution < 1.29 is 9.53 Å². The van der Waals surface area contributed by atoms with Gasteiger partial charge in [-0.2, -0.15) is 0 Å². The third kappa shape index (κ3) is 4.77. The smallest absolute Gasteiger partial charge is 0.226 e. The number of ether oxygens (including phenoxy) is 1. The minimum absolute atomic E-state index is 0.123. The summed E-state index contributed by atoms with van der Waals surface area (Å²) < 4.78 is 9.26. The molecule has 11 heteroatoms. The Balaban J connectivity index is 1.44. The van der Waals surface area contributed by atoms with E-state index in [9.17, 15) is 4.79 Å². The molecule has 10 nitrogen and oxygen atoms in total. The van der Waals surface area contributed by atoms with Crippen LogP contribution in [0.5, 0.6) is 5.75 Å². The summed E-state index contributed by atoms with van der Waals surface area (Å²) in [6, 6.07) is 15.0. The Hall–Kier alpha value is -4.25. The molecule has 1 fully saturated rings. The zero-order chi connectivity index (χ0) is 25.9. The van der Waals surface area contributed by atoms with Crippen molar-refractivity contribution in [2.45, 2.75) is 32.4 Å². The Labute approximate surface area is 220 Å². The molecule has 1 aromatic carbocycles. The van der Waals surface area contributed by atoms with Crippen molar-refractivity contribution in [3.63, 3.8) is 0 Å². The standard InChI is InChI=1S/C26H28N8O2S/c1-17-14-19(18(2)34(17)32-15-28-29-16-32)25-24(21-9-6-7-12-27-21)31-26(37)33(25)13-11-23(35)30-20-8-4-5-10-22(20)36-3/h4-10,12,14-16,24-25H,11,13H2,1-3H3,(H,30,35)(H,31,37)/t24-,25+/m1/s1. The summed E-state index contributed by atoms with van der Waals surface area (Å²) in [6.45, 7) is 4.53. The zero-order valence-electron chi connectivity index (χ0n) is 20.8. The Morgan fingerprint density at radius 1 is 1.14 bits per heavy atom. The molecule has 3 aromatic heterocycles. The van der Waals surface area contributed by atoms with Gasteiger partial charge < -0.3 is 20.3 Å². The SMILES string of the molecule is COc1ccccc1NC(=O)CCN1C(=S)N[C@H](c2ccccn2)[C@@H]1c1cc(C)n(-n2cnnc2)c1C. The maximum absolute atomic E-state index is 12.9. The van der Waals surface area contributed by atoms with Crippen molar-refractivity contribution in [1.29, 1.82) is 0 Å². The third-order valence-electron chi connectivity index (χ3n) is 6.55. The molecule has 4 heterocycles. The lowest BCUT2D eigenvalue weighted by atomic mass is 9.96. The largest absolute Gasteiger partial charge is 0.495 e. The van der Waals surface area contributed by atoms with E-state index < -0.39 is 0 Å². The quantitative estimate of drug-likeness (QED) is 0.344. The van der Waals surface area contributed by atoms with Crippen LogP contribution >= 0.6 is 12.2 Å². The second-order valence-electron chi connectivity index (χ2n) is 8.80. The predicted molar refractivity (Wildman–Crippen MR) is 143 cm³/mol. The minimum Gasteiger partial charge on any atom is -0.495 e. The molecule has 0 bridgehead atoms. The van der Waals surface area contributed by atoms with Crippen molar-refractivity contribution in [1.82, 2.24) is 34.8 Å². The summed E-state index contributed by atoms with van der Waals surface area (Å²) in [6.07, 6.45) is 5.35. The van der Waals surface area contributed by atoms with E-state index in [0.29, 0.717) is 23.1 Å². The topological polar surface area (TPSA) is 102 Å². The highest BCUT2D eigenvalue weighted by Gasteiger charge is 2.41. The monoisotopic (exact) mass is 516 g/mol. The molecule has 0 aliphatic carbocycles. The van der Waals surface area contributed by atoms with E-state index in [1.165, 1.54) is 0 Å². The van der Waals surface area contributed by atoms with Gasteiger partial charge in [0.1, 0.15) is 18.4 Å². The normalized spacial score (nSPS) is 17.1. The van der Waals surface area contributed by atoms with E-state index >= 15 is 0 Å². The number of hydrogen-bond donors (Lipinski definition) is 2. The number of aromatic nitrogens is 5. The number of aryl methyl sites for hydroxylation is 1. The molecule has 1 amide bonds. The molecule has 5 rings (SSSR count). The van der Waals surface area contributed by atoms with Crippen molar-refractivity contribution in [2.75, 3.05) is 19.0 Å². The number of amides is 1. The van der Waals surface area contributed by atoms with Crippen LogP contribution in [0.4, 0.5) is 5.69 Å². The first-order chi connectivity index (χ1) is 18.0. The predicted octanol–water partition coefficient (Wildman–Crippen LogP) is 3.41. The number of anilines is 1. The fourth-order valence-electron chi connectivity index (χ4n) is 4.90. The van der Waals surface area contributed by atoms with Crippen LogP contribution in [-0.2, 0) is 4.79 Å². The van der Waals surface area contributed by atoms with Crippen LogP contribution in [0, 0.1) is 13.8 Å². The summed E-state index contributed by atoms with van der Waals surface area (Å²) in [7, 11) is 1.58. The average molecular weight is 517 g/mol. The van der Waals surface area contributed by atoms with Crippen LogP contribution in [0.1, 0.15) is 41.1 Å². The number of carbonyl (C=O) groups excluding carboxylic acids is 1. The Morgan fingerprint density at radius 2 is 1.89 bits per heavy atom. The summed E-state index contributed by atoms with van der Waals surface area (Å²) in [4.78, 5) is 19.6. The lowest BCUT2D eigenvalue weighted by molar-refractivity contribution is -0.116. The van der Waals surface area contributed by atoms with Gasteiger partial charge >= 0.3 is 0 Å². The van der Waals surface area contributed by atoms with E-state index in [4.69, 9.17) is 17.0 Å². The summed E-state index contributed by atoms with van der Waals surface area (Å²) in [5.41, 5.74) is 4.65. The molecule has 190 valence electrons. The van der Waals surface area contributed by atoms with Crippen LogP contribution < -0.4 is 15.4 Å².